The van der Waals surface area contributed by atoms with Crippen molar-refractivity contribution >= 4 is 17.2 Å². The molecule has 2 aromatic heterocycles. The van der Waals surface area contributed by atoms with Crippen molar-refractivity contribution in [2.24, 2.45) is 5.73 Å². The van der Waals surface area contributed by atoms with Gasteiger partial charge >= 0.3 is 0 Å². The summed E-state index contributed by atoms with van der Waals surface area (Å²) >= 11 is 4.95. The van der Waals surface area contributed by atoms with Crippen molar-refractivity contribution in [2.75, 3.05) is 0 Å². The van der Waals surface area contributed by atoms with E-state index in [1.54, 1.807) is 12.3 Å². The SMILES string of the molecule is Cc1ccc(Oc2cc(C(N)=S)cc(C)n2)cn1. The van der Waals surface area contributed by atoms with Gasteiger partial charge in [-0.1, -0.05) is 12.2 Å². The Morgan fingerprint density at radius 3 is 2.61 bits per heavy atom. The minimum absolute atomic E-state index is 0.326. The molecule has 18 heavy (non-hydrogen) atoms. The zero-order valence-electron chi connectivity index (χ0n) is 10.2. The van der Waals surface area contributed by atoms with Crippen LogP contribution in [0.5, 0.6) is 11.6 Å². The second-order valence-corrected chi connectivity index (χ2v) is 4.38. The summed E-state index contributed by atoms with van der Waals surface area (Å²) in [5.41, 5.74) is 8.08. The van der Waals surface area contributed by atoms with Crippen LogP contribution in [0.3, 0.4) is 0 Å². The predicted molar refractivity (Wildman–Crippen MR) is 73.9 cm³/mol. The van der Waals surface area contributed by atoms with E-state index < -0.39 is 0 Å². The Hall–Kier alpha value is -2.01. The molecule has 0 saturated heterocycles. The largest absolute Gasteiger partial charge is 0.437 e. The third-order valence-corrected chi connectivity index (χ3v) is 2.56. The highest BCUT2D eigenvalue weighted by Crippen LogP contribution is 2.20. The first-order chi connectivity index (χ1) is 8.54. The van der Waals surface area contributed by atoms with Gasteiger partial charge in [-0.3, -0.25) is 4.98 Å². The molecule has 4 nitrogen and oxygen atoms in total. The summed E-state index contributed by atoms with van der Waals surface area (Å²) < 4.78 is 5.62. The third-order valence-electron chi connectivity index (χ3n) is 2.32. The number of nitrogens with two attached hydrogens (primary N) is 1. The summed E-state index contributed by atoms with van der Waals surface area (Å²) in [5.74, 6) is 1.09. The standard InChI is InChI=1S/C13H13N3OS/c1-8-3-4-11(7-15-8)17-12-6-10(13(14)18)5-9(2)16-12/h3-7H,1-2H3,(H2,14,18). The molecule has 0 aliphatic heterocycles. The number of pyridine rings is 2. The Kier molecular flexibility index (Phi) is 3.53. The van der Waals surface area contributed by atoms with Gasteiger partial charge in [0.15, 0.2) is 0 Å². The van der Waals surface area contributed by atoms with Gasteiger partial charge in [0.2, 0.25) is 5.88 Å². The lowest BCUT2D eigenvalue weighted by atomic mass is 10.2. The quantitative estimate of drug-likeness (QED) is 0.858. The van der Waals surface area contributed by atoms with Gasteiger partial charge in [-0.2, -0.15) is 0 Å². The van der Waals surface area contributed by atoms with Crippen LogP contribution in [0.15, 0.2) is 30.5 Å². The van der Waals surface area contributed by atoms with Gasteiger partial charge in [0, 0.05) is 23.0 Å². The van der Waals surface area contributed by atoms with Crippen LogP contribution < -0.4 is 10.5 Å². The van der Waals surface area contributed by atoms with Crippen LogP contribution in [0.1, 0.15) is 17.0 Å². The molecule has 2 rings (SSSR count). The van der Waals surface area contributed by atoms with Crippen LogP contribution >= 0.6 is 12.2 Å². The summed E-state index contributed by atoms with van der Waals surface area (Å²) in [6.07, 6.45) is 1.65. The second-order valence-electron chi connectivity index (χ2n) is 3.94. The Balaban J connectivity index is 2.28. The minimum Gasteiger partial charge on any atom is -0.437 e. The maximum absolute atomic E-state index is 5.62. The Morgan fingerprint density at radius 2 is 2.00 bits per heavy atom. The molecular formula is C13H13N3OS. The molecule has 0 saturated carbocycles. The predicted octanol–water partition coefficient (Wildman–Crippen LogP) is 2.52. The van der Waals surface area contributed by atoms with Crippen molar-refractivity contribution in [3.05, 3.63) is 47.4 Å². The molecule has 0 aliphatic carbocycles. The molecule has 0 aromatic carbocycles. The molecule has 0 atom stereocenters. The molecule has 0 bridgehead atoms. The fourth-order valence-corrected chi connectivity index (χ4v) is 1.59. The van der Waals surface area contributed by atoms with Crippen molar-refractivity contribution in [1.29, 1.82) is 0 Å². The molecule has 2 aromatic rings. The lowest BCUT2D eigenvalue weighted by molar-refractivity contribution is 0.459. The van der Waals surface area contributed by atoms with E-state index in [9.17, 15) is 0 Å². The van der Waals surface area contributed by atoms with Crippen LogP contribution in [-0.4, -0.2) is 15.0 Å². The number of aromatic nitrogens is 2. The van der Waals surface area contributed by atoms with E-state index in [1.165, 1.54) is 0 Å². The lowest BCUT2D eigenvalue weighted by Crippen LogP contribution is -2.10. The zero-order valence-corrected chi connectivity index (χ0v) is 11.0. The maximum atomic E-state index is 5.62. The average Bonchev–Trinajstić information content (AvgIpc) is 2.31. The van der Waals surface area contributed by atoms with Gasteiger partial charge in [0.1, 0.15) is 10.7 Å². The van der Waals surface area contributed by atoms with Gasteiger partial charge < -0.3 is 10.5 Å². The second kappa shape index (κ2) is 5.10. The van der Waals surface area contributed by atoms with E-state index in [0.29, 0.717) is 16.6 Å². The Morgan fingerprint density at radius 1 is 1.22 bits per heavy atom. The lowest BCUT2D eigenvalue weighted by Gasteiger charge is -2.07. The van der Waals surface area contributed by atoms with Crippen molar-refractivity contribution < 1.29 is 4.74 Å². The van der Waals surface area contributed by atoms with Gasteiger partial charge in [-0.15, -0.1) is 0 Å². The highest BCUT2D eigenvalue weighted by Gasteiger charge is 2.05. The molecule has 0 amide bonds. The molecule has 0 unspecified atom stereocenters. The summed E-state index contributed by atoms with van der Waals surface area (Å²) in [5, 5.41) is 0. The molecule has 92 valence electrons. The molecule has 0 aliphatic rings. The van der Waals surface area contributed by atoms with Crippen molar-refractivity contribution in [3.63, 3.8) is 0 Å². The van der Waals surface area contributed by atoms with Crippen molar-refractivity contribution in [3.8, 4) is 11.6 Å². The average molecular weight is 259 g/mol. The van der Waals surface area contributed by atoms with Crippen molar-refractivity contribution in [1.82, 2.24) is 9.97 Å². The van der Waals surface area contributed by atoms with Gasteiger partial charge in [0.05, 0.1) is 6.20 Å². The van der Waals surface area contributed by atoms with E-state index in [-0.39, 0.29) is 0 Å². The summed E-state index contributed by atoms with van der Waals surface area (Å²) in [6, 6.07) is 7.25. The first-order valence-electron chi connectivity index (χ1n) is 5.43. The summed E-state index contributed by atoms with van der Waals surface area (Å²) in [4.78, 5) is 8.75. The Bertz CT molecular complexity index is 581. The number of rotatable bonds is 3. The van der Waals surface area contributed by atoms with E-state index in [2.05, 4.69) is 9.97 Å². The van der Waals surface area contributed by atoms with Crippen LogP contribution in [0, 0.1) is 13.8 Å². The molecule has 5 heteroatoms. The number of nitrogens with zero attached hydrogens (tertiary/aromatic N) is 2. The van der Waals surface area contributed by atoms with Crippen LogP contribution in [-0.2, 0) is 0 Å². The fourth-order valence-electron chi connectivity index (χ4n) is 1.47. The smallest absolute Gasteiger partial charge is 0.220 e. The molecule has 2 N–H and O–H groups in total. The number of hydrogen-bond donors (Lipinski definition) is 1. The maximum Gasteiger partial charge on any atom is 0.220 e. The summed E-state index contributed by atoms with van der Waals surface area (Å²) in [7, 11) is 0. The first kappa shape index (κ1) is 12.4. The van der Waals surface area contributed by atoms with Crippen molar-refractivity contribution in [2.45, 2.75) is 13.8 Å². The van der Waals surface area contributed by atoms with Gasteiger partial charge in [-0.25, -0.2) is 4.98 Å². The van der Waals surface area contributed by atoms with Gasteiger partial charge in [0.25, 0.3) is 0 Å². The summed E-state index contributed by atoms with van der Waals surface area (Å²) in [6.45, 7) is 3.78. The minimum atomic E-state index is 0.326. The van der Waals surface area contributed by atoms with Gasteiger partial charge in [-0.05, 0) is 32.0 Å². The first-order valence-corrected chi connectivity index (χ1v) is 5.84. The van der Waals surface area contributed by atoms with E-state index in [1.807, 2.05) is 32.0 Å². The van der Waals surface area contributed by atoms with Crippen LogP contribution in [0.25, 0.3) is 0 Å². The fraction of sp³-hybridized carbons (Fsp3) is 0.154. The van der Waals surface area contributed by atoms with Crippen LogP contribution in [0.2, 0.25) is 0 Å². The third kappa shape index (κ3) is 3.01. The number of ether oxygens (including phenoxy) is 1. The van der Waals surface area contributed by atoms with E-state index in [4.69, 9.17) is 22.7 Å². The van der Waals surface area contributed by atoms with Crippen LogP contribution in [0.4, 0.5) is 0 Å². The molecule has 0 fully saturated rings. The normalized spacial score (nSPS) is 10.1. The number of aryl methyl sites for hydroxylation is 2. The Labute approximate surface area is 111 Å². The molecule has 0 radical (unpaired) electrons. The number of hydrogen-bond acceptors (Lipinski definition) is 4. The molecule has 0 spiro atoms. The molecular weight excluding hydrogens is 246 g/mol. The highest BCUT2D eigenvalue weighted by molar-refractivity contribution is 7.80. The zero-order chi connectivity index (χ0) is 13.1. The topological polar surface area (TPSA) is 61.0 Å². The van der Waals surface area contributed by atoms with E-state index >= 15 is 0 Å². The monoisotopic (exact) mass is 259 g/mol. The number of thiocarbonyl (C=S) groups is 1. The highest BCUT2D eigenvalue weighted by atomic mass is 32.1. The van der Waals surface area contributed by atoms with E-state index in [0.717, 1.165) is 17.0 Å². The molecule has 2 heterocycles.